The summed E-state index contributed by atoms with van der Waals surface area (Å²) in [6.45, 7) is -0.0814. The van der Waals surface area contributed by atoms with Crippen LogP contribution in [0.25, 0.3) is 0 Å². The molecule has 1 aliphatic carbocycles. The van der Waals surface area contributed by atoms with Crippen LogP contribution in [0, 0.1) is 0 Å². The minimum absolute atomic E-state index is 0.0627. The zero-order valence-electron chi connectivity index (χ0n) is 10.1. The van der Waals surface area contributed by atoms with E-state index in [2.05, 4.69) is 10.2 Å². The number of primary amides is 1. The van der Waals surface area contributed by atoms with Crippen LogP contribution in [0.5, 0.6) is 0 Å². The van der Waals surface area contributed by atoms with Gasteiger partial charge in [0.15, 0.2) is 0 Å². The van der Waals surface area contributed by atoms with Gasteiger partial charge in [-0.05, 0) is 12.8 Å². The molecule has 1 heterocycles. The molecular formula is C11H17N5O2. The number of nitrogens with one attached hydrogen (secondary N) is 1. The van der Waals surface area contributed by atoms with Crippen molar-refractivity contribution in [2.45, 2.75) is 31.7 Å². The smallest absolute Gasteiger partial charge is 0.274 e. The second kappa shape index (κ2) is 5.07. The third kappa shape index (κ3) is 2.44. The number of anilines is 1. The van der Waals surface area contributed by atoms with Crippen molar-refractivity contribution < 1.29 is 9.59 Å². The fraction of sp³-hybridized carbons (Fsp3) is 0.545. The van der Waals surface area contributed by atoms with Crippen LogP contribution in [-0.4, -0.2) is 39.5 Å². The molecule has 0 atom stereocenters. The quantitative estimate of drug-likeness (QED) is 0.690. The van der Waals surface area contributed by atoms with Crippen molar-refractivity contribution >= 4 is 17.5 Å². The van der Waals surface area contributed by atoms with Crippen LogP contribution >= 0.6 is 0 Å². The standard InChI is InChI=1S/C11H17N5O2/c12-8-5-14-15-10(8)11(18)16(6-9(13)17)7-3-1-2-4-7/h5,7H,1-4,6,12H2,(H2,13,17)(H,14,15). The highest BCUT2D eigenvalue weighted by Crippen LogP contribution is 2.25. The Morgan fingerprint density at radius 1 is 1.44 bits per heavy atom. The topological polar surface area (TPSA) is 118 Å². The number of amides is 2. The first-order chi connectivity index (χ1) is 8.59. The maximum absolute atomic E-state index is 12.3. The minimum atomic E-state index is -0.520. The predicted octanol–water partition coefficient (Wildman–Crippen LogP) is -0.138. The zero-order valence-corrected chi connectivity index (χ0v) is 10.1. The third-order valence-corrected chi connectivity index (χ3v) is 3.24. The summed E-state index contributed by atoms with van der Waals surface area (Å²) in [5.41, 5.74) is 11.4. The second-order valence-corrected chi connectivity index (χ2v) is 4.54. The fourth-order valence-corrected chi connectivity index (χ4v) is 2.36. The van der Waals surface area contributed by atoms with Gasteiger partial charge in [-0.3, -0.25) is 14.7 Å². The summed E-state index contributed by atoms with van der Waals surface area (Å²) in [6.07, 6.45) is 5.29. The van der Waals surface area contributed by atoms with Crippen LogP contribution in [0.2, 0.25) is 0 Å². The Balaban J connectivity index is 2.20. The molecule has 1 aliphatic rings. The van der Waals surface area contributed by atoms with Crippen molar-refractivity contribution in [3.8, 4) is 0 Å². The van der Waals surface area contributed by atoms with Gasteiger partial charge in [-0.2, -0.15) is 5.10 Å². The Morgan fingerprint density at radius 2 is 2.11 bits per heavy atom. The number of hydrogen-bond acceptors (Lipinski definition) is 4. The molecule has 0 radical (unpaired) electrons. The summed E-state index contributed by atoms with van der Waals surface area (Å²) in [7, 11) is 0. The Bertz CT molecular complexity index is 450. The number of nitrogens with two attached hydrogens (primary N) is 2. The van der Waals surface area contributed by atoms with E-state index in [-0.39, 0.29) is 29.9 Å². The number of nitrogens with zero attached hydrogens (tertiary/aromatic N) is 2. The molecule has 1 saturated carbocycles. The first-order valence-corrected chi connectivity index (χ1v) is 5.97. The third-order valence-electron chi connectivity index (χ3n) is 3.24. The summed E-state index contributed by atoms with van der Waals surface area (Å²) in [5.74, 6) is -0.830. The number of carbonyl (C=O) groups is 2. The van der Waals surface area contributed by atoms with Gasteiger partial charge in [0.05, 0.1) is 18.4 Å². The van der Waals surface area contributed by atoms with Gasteiger partial charge in [0.25, 0.3) is 5.91 Å². The summed E-state index contributed by atoms with van der Waals surface area (Å²) in [6, 6.07) is 0.0627. The molecule has 0 unspecified atom stereocenters. The molecule has 7 nitrogen and oxygen atoms in total. The van der Waals surface area contributed by atoms with E-state index in [4.69, 9.17) is 11.5 Å². The van der Waals surface area contributed by atoms with Gasteiger partial charge >= 0.3 is 0 Å². The number of aromatic nitrogens is 2. The molecule has 0 saturated heterocycles. The van der Waals surface area contributed by atoms with E-state index in [1.165, 1.54) is 11.1 Å². The maximum Gasteiger partial charge on any atom is 0.274 e. The van der Waals surface area contributed by atoms with Gasteiger partial charge in [-0.15, -0.1) is 0 Å². The van der Waals surface area contributed by atoms with Crippen molar-refractivity contribution in [2.75, 3.05) is 12.3 Å². The van der Waals surface area contributed by atoms with Crippen molar-refractivity contribution in [1.82, 2.24) is 15.1 Å². The van der Waals surface area contributed by atoms with Crippen molar-refractivity contribution in [1.29, 1.82) is 0 Å². The molecule has 2 amide bonds. The molecular weight excluding hydrogens is 234 g/mol. The van der Waals surface area contributed by atoms with Gasteiger partial charge in [0.1, 0.15) is 5.69 Å². The van der Waals surface area contributed by atoms with E-state index < -0.39 is 5.91 Å². The van der Waals surface area contributed by atoms with Crippen molar-refractivity contribution in [3.05, 3.63) is 11.9 Å². The monoisotopic (exact) mass is 251 g/mol. The molecule has 98 valence electrons. The number of H-pyrrole nitrogens is 1. The van der Waals surface area contributed by atoms with Crippen LogP contribution in [0.3, 0.4) is 0 Å². The van der Waals surface area contributed by atoms with E-state index >= 15 is 0 Å². The molecule has 1 fully saturated rings. The normalized spacial score (nSPS) is 15.8. The average Bonchev–Trinajstić information content (AvgIpc) is 2.95. The van der Waals surface area contributed by atoms with Crippen LogP contribution < -0.4 is 11.5 Å². The van der Waals surface area contributed by atoms with Gasteiger partial charge in [-0.25, -0.2) is 0 Å². The van der Waals surface area contributed by atoms with Gasteiger partial charge in [-0.1, -0.05) is 12.8 Å². The van der Waals surface area contributed by atoms with E-state index in [0.717, 1.165) is 25.7 Å². The molecule has 7 heteroatoms. The summed E-state index contributed by atoms with van der Waals surface area (Å²) in [4.78, 5) is 24.9. The number of hydrogen-bond donors (Lipinski definition) is 3. The molecule has 1 aromatic heterocycles. The average molecular weight is 251 g/mol. The Labute approximate surface area is 105 Å². The molecule has 0 aliphatic heterocycles. The molecule has 0 aromatic carbocycles. The van der Waals surface area contributed by atoms with E-state index in [1.54, 1.807) is 0 Å². The lowest BCUT2D eigenvalue weighted by Crippen LogP contribution is -2.44. The predicted molar refractivity (Wildman–Crippen MR) is 65.5 cm³/mol. The SMILES string of the molecule is NC(=O)CN(C(=O)c1[nH]ncc1N)C1CCCC1. The summed E-state index contributed by atoms with van der Waals surface area (Å²) in [5, 5.41) is 6.28. The Morgan fingerprint density at radius 3 is 2.61 bits per heavy atom. The van der Waals surface area contributed by atoms with Gasteiger partial charge in [0.2, 0.25) is 5.91 Å². The molecule has 5 N–H and O–H groups in total. The lowest BCUT2D eigenvalue weighted by Gasteiger charge is -2.27. The van der Waals surface area contributed by atoms with Crippen LogP contribution in [0.4, 0.5) is 5.69 Å². The lowest BCUT2D eigenvalue weighted by molar-refractivity contribution is -0.119. The Hall–Kier alpha value is -2.05. The number of carbonyl (C=O) groups excluding carboxylic acids is 2. The van der Waals surface area contributed by atoms with E-state index in [9.17, 15) is 9.59 Å². The molecule has 18 heavy (non-hydrogen) atoms. The number of nitrogen functional groups attached to an aromatic ring is 1. The van der Waals surface area contributed by atoms with Gasteiger partial charge < -0.3 is 16.4 Å². The number of rotatable bonds is 4. The highest BCUT2D eigenvalue weighted by atomic mass is 16.2. The molecule has 1 aromatic rings. The molecule has 0 spiro atoms. The summed E-state index contributed by atoms with van der Waals surface area (Å²) < 4.78 is 0. The zero-order chi connectivity index (χ0) is 13.1. The second-order valence-electron chi connectivity index (χ2n) is 4.54. The molecule has 2 rings (SSSR count). The fourth-order valence-electron chi connectivity index (χ4n) is 2.36. The number of aromatic amines is 1. The maximum atomic E-state index is 12.3. The molecule has 0 bridgehead atoms. The van der Waals surface area contributed by atoms with Crippen LogP contribution in [0.15, 0.2) is 6.20 Å². The highest BCUT2D eigenvalue weighted by Gasteiger charge is 2.30. The van der Waals surface area contributed by atoms with Crippen LogP contribution in [0.1, 0.15) is 36.2 Å². The first kappa shape index (κ1) is 12.4. The van der Waals surface area contributed by atoms with Gasteiger partial charge in [0, 0.05) is 6.04 Å². The van der Waals surface area contributed by atoms with E-state index in [1.807, 2.05) is 0 Å². The first-order valence-electron chi connectivity index (χ1n) is 5.97. The minimum Gasteiger partial charge on any atom is -0.396 e. The Kier molecular flexibility index (Phi) is 3.50. The van der Waals surface area contributed by atoms with Crippen molar-refractivity contribution in [3.63, 3.8) is 0 Å². The van der Waals surface area contributed by atoms with E-state index in [0.29, 0.717) is 0 Å². The highest BCUT2D eigenvalue weighted by molar-refractivity contribution is 5.98. The lowest BCUT2D eigenvalue weighted by atomic mass is 10.2. The largest absolute Gasteiger partial charge is 0.396 e. The summed E-state index contributed by atoms with van der Waals surface area (Å²) >= 11 is 0. The van der Waals surface area contributed by atoms with Crippen LogP contribution in [-0.2, 0) is 4.79 Å². The van der Waals surface area contributed by atoms with Crippen molar-refractivity contribution in [2.24, 2.45) is 5.73 Å².